The van der Waals surface area contributed by atoms with Crippen molar-refractivity contribution in [2.75, 3.05) is 18.0 Å². The molecule has 1 aliphatic rings. The molecule has 5 heteroatoms. The van der Waals surface area contributed by atoms with Crippen molar-refractivity contribution in [2.24, 2.45) is 11.7 Å². The van der Waals surface area contributed by atoms with E-state index in [0.717, 1.165) is 31.5 Å². The van der Waals surface area contributed by atoms with E-state index >= 15 is 0 Å². The molecule has 28 heavy (non-hydrogen) atoms. The molecule has 1 saturated heterocycles. The van der Waals surface area contributed by atoms with Crippen molar-refractivity contribution in [3.63, 3.8) is 0 Å². The second-order valence-corrected chi connectivity index (χ2v) is 8.74. The minimum Gasteiger partial charge on any atom is -0.370 e. The van der Waals surface area contributed by atoms with Gasteiger partial charge in [0.05, 0.1) is 17.9 Å². The van der Waals surface area contributed by atoms with E-state index in [9.17, 15) is 9.59 Å². The molecular weight excluding hydrogens is 350 g/mol. The number of anilines is 1. The first-order chi connectivity index (χ1) is 13.2. The Morgan fingerprint density at radius 1 is 1.11 bits per heavy atom. The zero-order chi connectivity index (χ0) is 20.9. The second-order valence-electron chi connectivity index (χ2n) is 8.74. The van der Waals surface area contributed by atoms with Crippen LogP contribution in [0.2, 0.25) is 0 Å². The molecule has 2 rings (SSSR count). The van der Waals surface area contributed by atoms with Crippen LogP contribution in [0.4, 0.5) is 5.69 Å². The molecular formula is C23H37N3O2. The van der Waals surface area contributed by atoms with Gasteiger partial charge in [0.25, 0.3) is 0 Å². The zero-order valence-electron chi connectivity index (χ0n) is 18.1. The smallest absolute Gasteiger partial charge is 0.219 e. The zero-order valence-corrected chi connectivity index (χ0v) is 18.1. The van der Waals surface area contributed by atoms with E-state index in [1.54, 1.807) is 6.92 Å². The molecule has 0 spiro atoms. The topological polar surface area (TPSA) is 66.6 Å². The van der Waals surface area contributed by atoms with Crippen LogP contribution in [0.15, 0.2) is 30.3 Å². The van der Waals surface area contributed by atoms with E-state index in [1.807, 2.05) is 18.2 Å². The molecule has 1 aliphatic heterocycles. The maximum Gasteiger partial charge on any atom is 0.219 e. The number of benzene rings is 1. The molecule has 0 radical (unpaired) electrons. The number of rotatable bonds is 9. The Kier molecular flexibility index (Phi) is 7.64. The van der Waals surface area contributed by atoms with Crippen molar-refractivity contribution in [1.82, 2.24) is 4.90 Å². The number of ketones is 1. The summed E-state index contributed by atoms with van der Waals surface area (Å²) in [6, 6.07) is 10.8. The first kappa shape index (κ1) is 22.4. The molecule has 1 aromatic rings. The molecule has 0 bridgehead atoms. The molecule has 2 unspecified atom stereocenters. The van der Waals surface area contributed by atoms with Gasteiger partial charge in [-0.05, 0) is 66.0 Å². The minimum absolute atomic E-state index is 0.135. The molecule has 0 saturated carbocycles. The Bertz CT molecular complexity index is 651. The molecule has 5 nitrogen and oxygen atoms in total. The Balaban J connectivity index is 2.54. The fourth-order valence-electron chi connectivity index (χ4n) is 4.93. The summed E-state index contributed by atoms with van der Waals surface area (Å²) in [5.74, 6) is -0.476. The Morgan fingerprint density at radius 2 is 1.71 bits per heavy atom. The van der Waals surface area contributed by atoms with Crippen LogP contribution < -0.4 is 10.6 Å². The van der Waals surface area contributed by atoms with Crippen molar-refractivity contribution in [2.45, 2.75) is 77.9 Å². The monoisotopic (exact) mass is 387 g/mol. The van der Waals surface area contributed by atoms with Crippen LogP contribution in [-0.4, -0.2) is 47.3 Å². The average molecular weight is 388 g/mol. The van der Waals surface area contributed by atoms with Crippen LogP contribution in [0.25, 0.3) is 0 Å². The summed E-state index contributed by atoms with van der Waals surface area (Å²) in [7, 11) is 0. The predicted molar refractivity (Wildman–Crippen MR) is 115 cm³/mol. The highest BCUT2D eigenvalue weighted by Gasteiger charge is 2.49. The lowest BCUT2D eigenvalue weighted by Gasteiger charge is -2.53. The van der Waals surface area contributed by atoms with E-state index < -0.39 is 5.54 Å². The summed E-state index contributed by atoms with van der Waals surface area (Å²) in [6.07, 6.45) is 3.07. The van der Waals surface area contributed by atoms with Crippen molar-refractivity contribution >= 4 is 17.4 Å². The first-order valence-corrected chi connectivity index (χ1v) is 10.6. The molecule has 1 heterocycles. The number of primary amides is 1. The van der Waals surface area contributed by atoms with Crippen LogP contribution in [0.3, 0.4) is 0 Å². The average Bonchev–Trinajstić information content (AvgIpc) is 2.61. The van der Waals surface area contributed by atoms with E-state index in [-0.39, 0.29) is 24.0 Å². The van der Waals surface area contributed by atoms with Gasteiger partial charge < -0.3 is 10.6 Å². The van der Waals surface area contributed by atoms with Crippen molar-refractivity contribution in [3.05, 3.63) is 30.3 Å². The fraction of sp³-hybridized carbons (Fsp3) is 0.652. The maximum atomic E-state index is 13.0. The maximum absolute atomic E-state index is 13.0. The lowest BCUT2D eigenvalue weighted by atomic mass is 9.71. The highest BCUT2D eigenvalue weighted by Crippen LogP contribution is 2.42. The third-order valence-corrected chi connectivity index (χ3v) is 6.19. The van der Waals surface area contributed by atoms with E-state index in [2.05, 4.69) is 49.6 Å². The Labute approximate surface area is 170 Å². The molecule has 2 atom stereocenters. The number of amides is 1. The van der Waals surface area contributed by atoms with Gasteiger partial charge in [-0.3, -0.25) is 14.5 Å². The normalized spacial score (nSPS) is 21.4. The van der Waals surface area contributed by atoms with E-state index in [0.29, 0.717) is 18.6 Å². The summed E-state index contributed by atoms with van der Waals surface area (Å²) in [5.41, 5.74) is 6.24. The number of para-hydroxylation sites is 1. The third-order valence-electron chi connectivity index (χ3n) is 6.19. The quantitative estimate of drug-likeness (QED) is 0.703. The number of Topliss-reactive ketones (excluding diaryl/α,β-unsaturated/α-hetero) is 1. The number of hydrogen-bond donors (Lipinski definition) is 1. The van der Waals surface area contributed by atoms with Gasteiger partial charge >= 0.3 is 0 Å². The Morgan fingerprint density at radius 3 is 2.21 bits per heavy atom. The number of nitrogens with zero attached hydrogens (tertiary/aromatic N) is 2. The summed E-state index contributed by atoms with van der Waals surface area (Å²) < 4.78 is 0. The fourth-order valence-corrected chi connectivity index (χ4v) is 4.93. The van der Waals surface area contributed by atoms with Crippen LogP contribution in [0, 0.1) is 5.92 Å². The van der Waals surface area contributed by atoms with Gasteiger partial charge in [-0.25, -0.2) is 0 Å². The number of carbonyl (C=O) groups excluding carboxylic acids is 2. The standard InChI is InChI=1S/C23H37N3O2/c1-17(2)25(18(3)4)16-21(19(5)27)23(15-22(24)28)13-9-10-14-26(23)20-11-7-6-8-12-20/h6-8,11-12,17-18,21H,9-10,13-16H2,1-5H3,(H2,24,28). The SMILES string of the molecule is CC(=O)C(CN(C(C)C)C(C)C)C1(CC(N)=O)CCCCN1c1ccccc1. The van der Waals surface area contributed by atoms with Gasteiger partial charge in [-0.2, -0.15) is 0 Å². The predicted octanol–water partition coefficient (Wildman–Crippen LogP) is 3.62. The van der Waals surface area contributed by atoms with E-state index in [4.69, 9.17) is 5.73 Å². The number of nitrogens with two attached hydrogens (primary N) is 1. The summed E-state index contributed by atoms with van der Waals surface area (Å²) in [5, 5.41) is 0. The van der Waals surface area contributed by atoms with Crippen LogP contribution in [0.5, 0.6) is 0 Å². The first-order valence-electron chi connectivity index (χ1n) is 10.6. The van der Waals surface area contributed by atoms with E-state index in [1.165, 1.54) is 0 Å². The van der Waals surface area contributed by atoms with Gasteiger partial charge in [0.1, 0.15) is 5.78 Å². The van der Waals surface area contributed by atoms with Gasteiger partial charge in [-0.1, -0.05) is 18.2 Å². The molecule has 2 N–H and O–H groups in total. The van der Waals surface area contributed by atoms with Crippen molar-refractivity contribution < 1.29 is 9.59 Å². The number of carbonyl (C=O) groups is 2. The van der Waals surface area contributed by atoms with Gasteiger partial charge in [-0.15, -0.1) is 0 Å². The molecule has 1 amide bonds. The van der Waals surface area contributed by atoms with Crippen molar-refractivity contribution in [3.8, 4) is 0 Å². The lowest BCUT2D eigenvalue weighted by Crippen LogP contribution is -2.63. The largest absolute Gasteiger partial charge is 0.370 e. The molecule has 1 fully saturated rings. The number of hydrogen-bond acceptors (Lipinski definition) is 4. The highest BCUT2D eigenvalue weighted by molar-refractivity contribution is 5.84. The summed E-state index contributed by atoms with van der Waals surface area (Å²) in [6.45, 7) is 11.8. The molecule has 0 aliphatic carbocycles. The van der Waals surface area contributed by atoms with Gasteiger partial charge in [0, 0.05) is 30.9 Å². The van der Waals surface area contributed by atoms with Gasteiger partial charge in [0.2, 0.25) is 5.91 Å². The lowest BCUT2D eigenvalue weighted by molar-refractivity contribution is -0.126. The summed E-state index contributed by atoms with van der Waals surface area (Å²) >= 11 is 0. The van der Waals surface area contributed by atoms with Gasteiger partial charge in [0.15, 0.2) is 0 Å². The Hall–Kier alpha value is -1.88. The minimum atomic E-state index is -0.570. The molecule has 156 valence electrons. The molecule has 1 aromatic carbocycles. The van der Waals surface area contributed by atoms with Crippen LogP contribution in [-0.2, 0) is 9.59 Å². The second kappa shape index (κ2) is 9.55. The van der Waals surface area contributed by atoms with Crippen molar-refractivity contribution in [1.29, 1.82) is 0 Å². The summed E-state index contributed by atoms with van der Waals surface area (Å²) in [4.78, 5) is 29.8. The highest BCUT2D eigenvalue weighted by atomic mass is 16.1. The number of piperidine rings is 1. The van der Waals surface area contributed by atoms with Crippen LogP contribution >= 0.6 is 0 Å². The van der Waals surface area contributed by atoms with Crippen LogP contribution in [0.1, 0.15) is 60.3 Å². The molecule has 0 aromatic heterocycles. The third kappa shape index (κ3) is 4.93.